The summed E-state index contributed by atoms with van der Waals surface area (Å²) in [4.78, 5) is 20.2. The molecular weight excluding hydrogens is 595 g/mol. The molecule has 4 aromatic rings. The number of aromatic amines is 1. The number of H-pyrrole nitrogens is 1. The Kier molecular flexibility index (Phi) is 10.6. The van der Waals surface area contributed by atoms with Crippen LogP contribution in [0.25, 0.3) is 28.0 Å². The Bertz CT molecular complexity index is 1690. The Morgan fingerprint density at radius 1 is 1.15 bits per heavy atom. The van der Waals surface area contributed by atoms with Gasteiger partial charge >= 0.3 is 11.9 Å². The molecule has 5 rings (SSSR count). The minimum atomic E-state index is -4.51. The van der Waals surface area contributed by atoms with Crippen molar-refractivity contribution in [3.8, 4) is 16.9 Å². The maximum absolute atomic E-state index is 13.8. The van der Waals surface area contributed by atoms with Gasteiger partial charge in [-0.1, -0.05) is 12.1 Å². The summed E-state index contributed by atoms with van der Waals surface area (Å²) in [6.45, 7) is 3.59. The van der Waals surface area contributed by atoms with Crippen LogP contribution in [0.1, 0.15) is 55.7 Å². The van der Waals surface area contributed by atoms with Crippen LogP contribution in [0.5, 0.6) is 0 Å². The van der Waals surface area contributed by atoms with Gasteiger partial charge < -0.3 is 26.1 Å². The van der Waals surface area contributed by atoms with E-state index in [2.05, 4.69) is 20.6 Å². The van der Waals surface area contributed by atoms with Gasteiger partial charge in [0, 0.05) is 49.6 Å². The number of nitrogens with two attached hydrogens (primary N) is 1. The number of benzene rings is 2. The van der Waals surface area contributed by atoms with E-state index in [4.69, 9.17) is 15.9 Å². The van der Waals surface area contributed by atoms with Gasteiger partial charge in [0.2, 0.25) is 0 Å². The number of aryl methyl sites for hydroxylation is 1. The topological polar surface area (TPSA) is 134 Å². The summed E-state index contributed by atoms with van der Waals surface area (Å²) in [6.07, 6.45) is 2.23. The summed E-state index contributed by atoms with van der Waals surface area (Å²) in [7, 11) is 1.56. The van der Waals surface area contributed by atoms with E-state index in [-0.39, 0.29) is 6.04 Å². The third-order valence-corrected chi connectivity index (χ3v) is 8.38. The number of hydrogen-bond acceptors (Lipinski definition) is 6. The standard InChI is InChI=1S/C34H42F3N7O2/c1-21(38)40-13-12-30(24-8-9-24)41-18-22-6-10-29(11-7-22)44-19-26-17-31(42-32(26)43-33(44)45)25-14-23(4-3-5-28(39)20-46-2)15-27(16-25)34(35,36)37/h6-7,10-11,14-17,19,24,28,30,41H,3-5,8-9,12-13,18,20,39H2,1-2H3,(H2,38,40)(H,42,43,45)/t28-,30?/m1/s1. The molecule has 0 radical (unpaired) electrons. The van der Waals surface area contributed by atoms with E-state index in [1.54, 1.807) is 32.4 Å². The van der Waals surface area contributed by atoms with E-state index in [1.807, 2.05) is 24.3 Å². The van der Waals surface area contributed by atoms with Crippen LogP contribution in [0.4, 0.5) is 13.2 Å². The van der Waals surface area contributed by atoms with Crippen molar-refractivity contribution >= 4 is 16.9 Å². The van der Waals surface area contributed by atoms with Gasteiger partial charge in [-0.25, -0.2) is 4.79 Å². The molecule has 46 heavy (non-hydrogen) atoms. The molecule has 2 aromatic carbocycles. The first-order chi connectivity index (χ1) is 22.0. The number of hydrogen-bond donors (Lipinski definition) is 5. The number of ether oxygens (including phenoxy) is 1. The van der Waals surface area contributed by atoms with Gasteiger partial charge in [0.1, 0.15) is 5.65 Å². The molecule has 0 bridgehead atoms. The van der Waals surface area contributed by atoms with Gasteiger partial charge in [0.25, 0.3) is 0 Å². The molecule has 0 saturated heterocycles. The summed E-state index contributed by atoms with van der Waals surface area (Å²) in [5, 5.41) is 14.9. The smallest absolute Gasteiger partial charge is 0.383 e. The zero-order valence-electron chi connectivity index (χ0n) is 26.2. The van der Waals surface area contributed by atoms with Crippen LogP contribution in [0.15, 0.2) is 59.5 Å². The molecule has 12 heteroatoms. The monoisotopic (exact) mass is 637 g/mol. The number of alkyl halides is 3. The predicted octanol–water partition coefficient (Wildman–Crippen LogP) is 5.54. The third kappa shape index (κ3) is 8.83. The highest BCUT2D eigenvalue weighted by Crippen LogP contribution is 2.35. The second-order valence-electron chi connectivity index (χ2n) is 12.2. The second-order valence-corrected chi connectivity index (χ2v) is 12.2. The maximum atomic E-state index is 13.8. The van der Waals surface area contributed by atoms with Gasteiger partial charge in [-0.2, -0.15) is 18.2 Å². The Morgan fingerprint density at radius 2 is 1.91 bits per heavy atom. The van der Waals surface area contributed by atoms with E-state index in [0.717, 1.165) is 24.6 Å². The van der Waals surface area contributed by atoms with Crippen molar-refractivity contribution < 1.29 is 17.9 Å². The van der Waals surface area contributed by atoms with Crippen molar-refractivity contribution in [1.29, 1.82) is 5.41 Å². The lowest BCUT2D eigenvalue weighted by molar-refractivity contribution is -0.137. The zero-order chi connectivity index (χ0) is 32.8. The Balaban J connectivity index is 1.32. The van der Waals surface area contributed by atoms with Crippen LogP contribution >= 0.6 is 0 Å². The van der Waals surface area contributed by atoms with Crippen molar-refractivity contribution in [2.45, 2.75) is 70.3 Å². The van der Waals surface area contributed by atoms with E-state index >= 15 is 0 Å². The normalized spacial score (nSPS) is 14.8. The molecule has 1 fully saturated rings. The van der Waals surface area contributed by atoms with Gasteiger partial charge in [0.05, 0.1) is 23.7 Å². The average molecular weight is 638 g/mol. The Morgan fingerprint density at radius 3 is 2.59 bits per heavy atom. The molecule has 1 saturated carbocycles. The first-order valence-corrected chi connectivity index (χ1v) is 15.7. The number of nitrogens with one attached hydrogen (secondary N) is 4. The van der Waals surface area contributed by atoms with E-state index in [9.17, 15) is 18.0 Å². The minimum Gasteiger partial charge on any atom is -0.383 e. The van der Waals surface area contributed by atoms with Crippen LogP contribution in [0.2, 0.25) is 0 Å². The molecule has 0 amide bonds. The van der Waals surface area contributed by atoms with Gasteiger partial charge in [-0.15, -0.1) is 0 Å². The molecular formula is C34H42F3N7O2. The molecule has 6 N–H and O–H groups in total. The maximum Gasteiger partial charge on any atom is 0.416 e. The molecule has 1 unspecified atom stereocenters. The number of aromatic nitrogens is 3. The number of amidine groups is 1. The Hall–Kier alpha value is -4.00. The molecule has 0 aliphatic heterocycles. The average Bonchev–Trinajstić information content (AvgIpc) is 3.77. The molecule has 2 heterocycles. The fourth-order valence-corrected chi connectivity index (χ4v) is 5.80. The van der Waals surface area contributed by atoms with E-state index in [1.165, 1.54) is 23.5 Å². The zero-order valence-corrected chi connectivity index (χ0v) is 26.2. The number of methoxy groups -OCH3 is 1. The van der Waals surface area contributed by atoms with Gasteiger partial charge in [-0.05, 0) is 104 Å². The van der Waals surface area contributed by atoms with Gasteiger partial charge in [0.15, 0.2) is 0 Å². The molecule has 9 nitrogen and oxygen atoms in total. The first-order valence-electron chi connectivity index (χ1n) is 15.7. The summed E-state index contributed by atoms with van der Waals surface area (Å²) < 4.78 is 48.0. The van der Waals surface area contributed by atoms with Crippen LogP contribution in [-0.2, 0) is 23.9 Å². The number of nitrogens with zero attached hydrogens (tertiary/aromatic N) is 2. The highest BCUT2D eigenvalue weighted by molar-refractivity contribution is 5.83. The minimum absolute atomic E-state index is 0.175. The lowest BCUT2D eigenvalue weighted by Crippen LogP contribution is -2.34. The second kappa shape index (κ2) is 14.6. The Labute approximate surface area is 266 Å². The summed E-state index contributed by atoms with van der Waals surface area (Å²) in [6, 6.07) is 13.6. The highest BCUT2D eigenvalue weighted by Gasteiger charge is 2.32. The SMILES string of the molecule is COC[C@H](N)CCCc1cc(-c2cc3cn(-c4ccc(CNC(CCNC(C)=N)C5CC5)cc4)c(=O)nc3[nH]2)cc(C(F)(F)F)c1. The van der Waals surface area contributed by atoms with E-state index in [0.29, 0.717) is 83.8 Å². The van der Waals surface area contributed by atoms with Crippen molar-refractivity contribution in [2.75, 3.05) is 20.3 Å². The van der Waals surface area contributed by atoms with Crippen molar-refractivity contribution in [2.24, 2.45) is 11.7 Å². The highest BCUT2D eigenvalue weighted by atomic mass is 19.4. The van der Waals surface area contributed by atoms with Gasteiger partial charge in [-0.3, -0.25) is 9.98 Å². The number of rotatable bonds is 15. The molecule has 246 valence electrons. The first kappa shape index (κ1) is 33.4. The van der Waals surface area contributed by atoms with Crippen LogP contribution in [0, 0.1) is 11.3 Å². The van der Waals surface area contributed by atoms with Crippen LogP contribution in [-0.4, -0.2) is 52.7 Å². The predicted molar refractivity (Wildman–Crippen MR) is 174 cm³/mol. The lowest BCUT2D eigenvalue weighted by atomic mass is 9.98. The number of halogens is 3. The quantitative estimate of drug-likeness (QED) is 0.0859. The van der Waals surface area contributed by atoms with Crippen LogP contribution < -0.4 is 22.1 Å². The van der Waals surface area contributed by atoms with Crippen molar-refractivity contribution in [3.05, 3.63) is 81.9 Å². The van der Waals surface area contributed by atoms with E-state index < -0.39 is 17.4 Å². The van der Waals surface area contributed by atoms with Crippen molar-refractivity contribution in [3.63, 3.8) is 0 Å². The largest absolute Gasteiger partial charge is 0.416 e. The number of fused-ring (bicyclic) bond motifs is 1. The molecule has 0 spiro atoms. The summed E-state index contributed by atoms with van der Waals surface area (Å²) in [5.41, 5.74) is 8.16. The lowest BCUT2D eigenvalue weighted by Gasteiger charge is -2.19. The molecule has 1 aliphatic rings. The third-order valence-electron chi connectivity index (χ3n) is 8.38. The summed E-state index contributed by atoms with van der Waals surface area (Å²) >= 11 is 0. The van der Waals surface area contributed by atoms with Crippen LogP contribution in [0.3, 0.4) is 0 Å². The molecule has 2 aromatic heterocycles. The summed E-state index contributed by atoms with van der Waals surface area (Å²) in [5.74, 6) is 1.14. The fourth-order valence-electron chi connectivity index (χ4n) is 5.80. The molecule has 1 aliphatic carbocycles. The fraction of sp³-hybridized carbons (Fsp3) is 0.441. The van der Waals surface area contributed by atoms with Crippen molar-refractivity contribution in [1.82, 2.24) is 25.2 Å². The molecule has 2 atom stereocenters.